The van der Waals surface area contributed by atoms with Crippen molar-refractivity contribution in [2.75, 3.05) is 0 Å². The monoisotopic (exact) mass is 379 g/mol. The Bertz CT molecular complexity index is 732. The third kappa shape index (κ3) is 3.62. The lowest BCUT2D eigenvalue weighted by Gasteiger charge is -2.33. The van der Waals surface area contributed by atoms with Gasteiger partial charge < -0.3 is 15.1 Å². The van der Waals surface area contributed by atoms with Crippen LogP contribution in [0.3, 0.4) is 0 Å². The summed E-state index contributed by atoms with van der Waals surface area (Å²) in [5, 5.41) is 18.8. The normalized spacial score (nSPS) is 32.8. The fourth-order valence-corrected chi connectivity index (χ4v) is 4.68. The molecule has 0 spiro atoms. The Morgan fingerprint density at radius 1 is 1.31 bits per heavy atom. The van der Waals surface area contributed by atoms with Gasteiger partial charge in [0.1, 0.15) is 22.7 Å². The zero-order valence-electron chi connectivity index (χ0n) is 15.0. The van der Waals surface area contributed by atoms with Crippen molar-refractivity contribution in [3.63, 3.8) is 0 Å². The van der Waals surface area contributed by atoms with Gasteiger partial charge in [-0.3, -0.25) is 0 Å². The van der Waals surface area contributed by atoms with Crippen LogP contribution in [-0.2, 0) is 26.3 Å². The molecule has 5 atom stereocenters. The Hall–Kier alpha value is -1.54. The van der Waals surface area contributed by atoms with E-state index in [1.807, 2.05) is 37.3 Å². The molecule has 3 N–H and O–H groups in total. The molecule has 142 valence electrons. The van der Waals surface area contributed by atoms with Gasteiger partial charge in [-0.15, -0.1) is 4.89 Å². The van der Waals surface area contributed by atoms with Crippen molar-refractivity contribution in [2.45, 2.75) is 50.6 Å². The van der Waals surface area contributed by atoms with Crippen molar-refractivity contribution in [3.05, 3.63) is 47.0 Å². The van der Waals surface area contributed by atoms with E-state index in [2.05, 4.69) is 6.92 Å². The highest BCUT2D eigenvalue weighted by atomic mass is 32.2. The number of hydrogen-bond acceptors (Lipinski definition) is 5. The Balaban J connectivity index is 0.000000153. The number of aryl methyl sites for hydroxylation is 1. The number of carbonyl (C=O) groups excluding carboxylic acids is 1. The van der Waals surface area contributed by atoms with Gasteiger partial charge in [-0.2, -0.15) is 0 Å². The molecule has 0 amide bonds. The first kappa shape index (κ1) is 19.2. The molecule has 4 rings (SSSR count). The molecule has 1 saturated carbocycles. The number of rotatable bonds is 3. The van der Waals surface area contributed by atoms with Crippen molar-refractivity contribution in [2.24, 2.45) is 11.8 Å². The number of nitrogens with one attached hydrogen (secondary N) is 1. The molecule has 1 aromatic carbocycles. The summed E-state index contributed by atoms with van der Waals surface area (Å²) >= 11 is 0. The van der Waals surface area contributed by atoms with Crippen LogP contribution in [-0.4, -0.2) is 32.2 Å². The van der Waals surface area contributed by atoms with E-state index in [-0.39, 0.29) is 18.0 Å². The first-order valence-electron chi connectivity index (χ1n) is 8.84. The summed E-state index contributed by atoms with van der Waals surface area (Å²) in [5.74, 6) is 0.652. The summed E-state index contributed by atoms with van der Waals surface area (Å²) < 4.78 is 16.0. The molecule has 1 aromatic rings. The molecule has 2 aliphatic carbocycles. The smallest absolute Gasteiger partial charge is 0.337 e. The third-order valence-corrected chi connectivity index (χ3v) is 6.22. The van der Waals surface area contributed by atoms with Crippen LogP contribution in [0.25, 0.3) is 0 Å². The molecule has 0 radical (unpaired) electrons. The number of esters is 1. The maximum atomic E-state index is 11.5. The van der Waals surface area contributed by atoms with Crippen molar-refractivity contribution in [1.82, 2.24) is 4.89 Å². The van der Waals surface area contributed by atoms with E-state index in [1.54, 1.807) is 4.89 Å². The average molecular weight is 379 g/mol. The van der Waals surface area contributed by atoms with Gasteiger partial charge in [-0.1, -0.05) is 42.8 Å². The van der Waals surface area contributed by atoms with Gasteiger partial charge in [0.15, 0.2) is 0 Å². The number of carbonyl (C=O) groups is 1. The summed E-state index contributed by atoms with van der Waals surface area (Å²) in [5.41, 5.74) is 1.70. The van der Waals surface area contributed by atoms with Crippen LogP contribution >= 0.6 is 0 Å². The van der Waals surface area contributed by atoms with E-state index in [9.17, 15) is 14.1 Å². The molecule has 3 aliphatic rings. The van der Waals surface area contributed by atoms with Gasteiger partial charge >= 0.3 is 5.97 Å². The second kappa shape index (κ2) is 7.60. The van der Waals surface area contributed by atoms with E-state index in [0.717, 1.165) is 24.8 Å². The standard InChI is InChI=1S/C11H14O3.C8H11NO2S/c1-6-4-7-2-3-9-11(7,13)8(5-6)10(12)14-9;1-7-2-4-8(5-3-7)6-12(11)9-10/h5-7,9,13H,2-4H2,1H3;2-5,9-10H,6H2,1H3/t6?,7?,9-,11+;/m1./s1. The first-order chi connectivity index (χ1) is 12.3. The molecule has 26 heavy (non-hydrogen) atoms. The van der Waals surface area contributed by atoms with Gasteiger partial charge in [0.05, 0.1) is 11.3 Å². The van der Waals surface area contributed by atoms with E-state index >= 15 is 0 Å². The fraction of sp³-hybridized carbons (Fsp3) is 0.526. The first-order valence-corrected chi connectivity index (χ1v) is 10.2. The van der Waals surface area contributed by atoms with Crippen LogP contribution in [0.1, 0.15) is 37.3 Å². The van der Waals surface area contributed by atoms with Crippen molar-refractivity contribution >= 4 is 17.0 Å². The quantitative estimate of drug-likeness (QED) is 0.552. The Labute approximate surface area is 155 Å². The minimum Gasteiger partial charge on any atom is -0.455 e. The molecule has 1 aliphatic heterocycles. The lowest BCUT2D eigenvalue weighted by molar-refractivity contribution is -0.140. The Kier molecular flexibility index (Phi) is 5.62. The molecule has 0 aromatic heterocycles. The van der Waals surface area contributed by atoms with Crippen LogP contribution in [0.2, 0.25) is 0 Å². The van der Waals surface area contributed by atoms with Gasteiger partial charge in [-0.25, -0.2) is 9.00 Å². The van der Waals surface area contributed by atoms with Crippen LogP contribution in [0.4, 0.5) is 0 Å². The molecule has 3 unspecified atom stereocenters. The predicted molar refractivity (Wildman–Crippen MR) is 97.4 cm³/mol. The Morgan fingerprint density at radius 2 is 2.00 bits per heavy atom. The molecule has 7 heteroatoms. The van der Waals surface area contributed by atoms with Crippen LogP contribution in [0, 0.1) is 18.8 Å². The maximum absolute atomic E-state index is 11.5. The lowest BCUT2D eigenvalue weighted by atomic mass is 9.73. The van der Waals surface area contributed by atoms with Gasteiger partial charge in [0.25, 0.3) is 0 Å². The summed E-state index contributed by atoms with van der Waals surface area (Å²) in [6, 6.07) is 7.68. The topological polar surface area (TPSA) is 95.9 Å². The third-order valence-electron chi connectivity index (χ3n) is 5.42. The molecule has 0 bridgehead atoms. The molecular weight excluding hydrogens is 354 g/mol. The van der Waals surface area contributed by atoms with Crippen LogP contribution in [0.5, 0.6) is 0 Å². The molecule has 6 nitrogen and oxygen atoms in total. The molecule has 1 saturated heterocycles. The number of ether oxygens (including phenoxy) is 1. The number of aliphatic hydroxyl groups is 1. The number of benzene rings is 1. The maximum Gasteiger partial charge on any atom is 0.337 e. The summed E-state index contributed by atoms with van der Waals surface area (Å²) in [4.78, 5) is 13.2. The largest absolute Gasteiger partial charge is 0.455 e. The van der Waals surface area contributed by atoms with Crippen molar-refractivity contribution in [1.29, 1.82) is 0 Å². The van der Waals surface area contributed by atoms with Gasteiger partial charge in [-0.05, 0) is 43.6 Å². The predicted octanol–water partition coefficient (Wildman–Crippen LogP) is 2.16. The summed E-state index contributed by atoms with van der Waals surface area (Å²) in [6.45, 7) is 4.08. The number of hydrogen-bond donors (Lipinski definition) is 3. The minimum atomic E-state index is -1.38. The highest BCUT2D eigenvalue weighted by Crippen LogP contribution is 2.52. The van der Waals surface area contributed by atoms with E-state index in [0.29, 0.717) is 17.2 Å². The van der Waals surface area contributed by atoms with Crippen molar-refractivity contribution < 1.29 is 24.1 Å². The van der Waals surface area contributed by atoms with E-state index in [1.165, 1.54) is 5.56 Å². The van der Waals surface area contributed by atoms with Gasteiger partial charge in [0, 0.05) is 0 Å². The van der Waals surface area contributed by atoms with Crippen molar-refractivity contribution in [3.8, 4) is 0 Å². The summed E-state index contributed by atoms with van der Waals surface area (Å²) in [6.07, 6.45) is 4.41. The molecular formula is C19H25NO5S. The average Bonchev–Trinajstić information content (AvgIpc) is 3.06. The zero-order chi connectivity index (χ0) is 18.9. The van der Waals surface area contributed by atoms with E-state index in [4.69, 9.17) is 9.94 Å². The summed E-state index contributed by atoms with van der Waals surface area (Å²) in [7, 11) is -1.38. The SMILES string of the molecule is CC1C=C2C(=O)O[C@@H]3CCC(C1)[C@]23O.Cc1ccc(CS(=O)NO)cc1. The number of allylic oxidation sites excluding steroid dienone is 1. The molecule has 1 heterocycles. The highest BCUT2D eigenvalue weighted by Gasteiger charge is 2.61. The second-order valence-corrected chi connectivity index (χ2v) is 8.52. The van der Waals surface area contributed by atoms with Gasteiger partial charge in [0.2, 0.25) is 0 Å². The minimum absolute atomic E-state index is 0.231. The molecule has 2 fully saturated rings. The van der Waals surface area contributed by atoms with E-state index < -0.39 is 16.6 Å². The Morgan fingerprint density at radius 3 is 2.65 bits per heavy atom. The van der Waals surface area contributed by atoms with Crippen LogP contribution < -0.4 is 4.89 Å². The second-order valence-electron chi connectivity index (χ2n) is 7.35. The highest BCUT2D eigenvalue weighted by molar-refractivity contribution is 7.82. The zero-order valence-corrected chi connectivity index (χ0v) is 15.8. The fourth-order valence-electron chi connectivity index (χ4n) is 4.12. The lowest BCUT2D eigenvalue weighted by Crippen LogP contribution is -2.43. The van der Waals surface area contributed by atoms with Crippen LogP contribution in [0.15, 0.2) is 35.9 Å².